The first-order valence-electron chi connectivity index (χ1n) is 15.3. The Bertz CT molecular complexity index is 1240. The third-order valence-electron chi connectivity index (χ3n) is 8.52. The zero-order valence-corrected chi connectivity index (χ0v) is 26.2. The Labute approximate surface area is 255 Å². The molecule has 0 bridgehead atoms. The van der Waals surface area contributed by atoms with E-state index in [0.29, 0.717) is 49.1 Å². The molecule has 43 heavy (non-hydrogen) atoms. The van der Waals surface area contributed by atoms with Gasteiger partial charge in [-0.2, -0.15) is 0 Å². The van der Waals surface area contributed by atoms with E-state index in [0.717, 1.165) is 43.4 Å². The predicted octanol–water partition coefficient (Wildman–Crippen LogP) is 4.11. The van der Waals surface area contributed by atoms with E-state index in [1.807, 2.05) is 41.3 Å². The van der Waals surface area contributed by atoms with Gasteiger partial charge in [-0.1, -0.05) is 31.5 Å². The molecule has 2 aromatic carbocycles. The molecule has 0 radical (unpaired) electrons. The highest BCUT2D eigenvalue weighted by molar-refractivity contribution is 5.79. The van der Waals surface area contributed by atoms with Crippen molar-refractivity contribution in [2.24, 2.45) is 5.92 Å². The number of carboxylic acid groups (broad SMARTS) is 1. The van der Waals surface area contributed by atoms with Gasteiger partial charge in [-0.3, -0.25) is 14.5 Å². The molecule has 0 saturated carbocycles. The van der Waals surface area contributed by atoms with Crippen molar-refractivity contribution < 1.29 is 33.6 Å². The van der Waals surface area contributed by atoms with E-state index in [-0.39, 0.29) is 19.2 Å². The summed E-state index contributed by atoms with van der Waals surface area (Å²) < 4.78 is 22.5. The Morgan fingerprint density at radius 3 is 2.42 bits per heavy atom. The molecule has 3 atom stereocenters. The first kappa shape index (κ1) is 32.4. The summed E-state index contributed by atoms with van der Waals surface area (Å²) in [6.45, 7) is 5.15. The third-order valence-corrected chi connectivity index (χ3v) is 8.52. The smallest absolute Gasteiger partial charge is 0.308 e. The summed E-state index contributed by atoms with van der Waals surface area (Å²) in [4.78, 5) is 33.1. The molecule has 2 aliphatic rings. The van der Waals surface area contributed by atoms with Crippen LogP contribution in [0.15, 0.2) is 36.4 Å². The summed E-state index contributed by atoms with van der Waals surface area (Å²) in [5.74, 6) is 0.251. The van der Waals surface area contributed by atoms with E-state index < -0.39 is 23.8 Å². The van der Waals surface area contributed by atoms with Gasteiger partial charge in [0.15, 0.2) is 11.5 Å². The summed E-state index contributed by atoms with van der Waals surface area (Å²) in [7, 11) is 7.29. The number of likely N-dealkylation sites (tertiary alicyclic amines) is 1. The summed E-state index contributed by atoms with van der Waals surface area (Å²) in [6, 6.07) is 11.0. The lowest BCUT2D eigenvalue weighted by molar-refractivity contribution is -0.143. The van der Waals surface area contributed by atoms with Crippen LogP contribution in [0.4, 0.5) is 0 Å². The maximum Gasteiger partial charge on any atom is 0.308 e. The molecule has 1 saturated heterocycles. The van der Waals surface area contributed by atoms with E-state index in [9.17, 15) is 14.7 Å². The highest BCUT2D eigenvalue weighted by Crippen LogP contribution is 2.47. The van der Waals surface area contributed by atoms with Gasteiger partial charge in [0.25, 0.3) is 0 Å². The van der Waals surface area contributed by atoms with Crippen molar-refractivity contribution in [1.82, 2.24) is 14.7 Å². The number of ether oxygens (including phenoxy) is 4. The van der Waals surface area contributed by atoms with Gasteiger partial charge in [0.2, 0.25) is 18.4 Å². The first-order valence-corrected chi connectivity index (χ1v) is 15.3. The van der Waals surface area contributed by atoms with Crippen LogP contribution in [-0.4, -0.2) is 106 Å². The van der Waals surface area contributed by atoms with Crippen molar-refractivity contribution in [2.45, 2.75) is 51.0 Å². The van der Waals surface area contributed by atoms with Gasteiger partial charge >= 0.3 is 5.97 Å². The maximum absolute atomic E-state index is 13.9. The van der Waals surface area contributed by atoms with E-state index in [2.05, 4.69) is 30.8 Å². The number of benzene rings is 2. The standard InChI is InChI=1S/C33H47N3O7/c1-6-7-15-35(16-11-10-14-34(2)3)30(37)21-36-20-25(24-18-28(41-5)32-29(19-24)42-22-43-32)31(33(38)39)26(36)17-23-12-8-9-13-27(23)40-4/h8-9,12-13,18-19,25-26,31H,6-7,10-11,14-17,20-22H2,1-5H3,(H,38,39)/t25-,26+,31-/m1/s1. The van der Waals surface area contributed by atoms with Crippen molar-refractivity contribution in [2.75, 3.05) is 67.8 Å². The zero-order chi connectivity index (χ0) is 30.9. The average molecular weight is 598 g/mol. The number of hydrogen-bond acceptors (Lipinski definition) is 8. The van der Waals surface area contributed by atoms with Crippen molar-refractivity contribution in [1.29, 1.82) is 0 Å². The number of unbranched alkanes of at least 4 members (excludes halogenated alkanes) is 2. The number of carbonyl (C=O) groups excluding carboxylic acids is 1. The number of nitrogens with zero attached hydrogens (tertiary/aromatic N) is 3. The number of amides is 1. The monoisotopic (exact) mass is 597 g/mol. The van der Waals surface area contributed by atoms with Crippen molar-refractivity contribution in [3.63, 3.8) is 0 Å². The van der Waals surface area contributed by atoms with Crippen molar-refractivity contribution in [3.8, 4) is 23.0 Å². The topological polar surface area (TPSA) is 101 Å². The van der Waals surface area contributed by atoms with Gasteiger partial charge < -0.3 is 33.9 Å². The Morgan fingerprint density at radius 2 is 1.72 bits per heavy atom. The van der Waals surface area contributed by atoms with Gasteiger partial charge in [0.1, 0.15) is 5.75 Å². The van der Waals surface area contributed by atoms with E-state index in [1.54, 1.807) is 14.2 Å². The fourth-order valence-corrected chi connectivity index (χ4v) is 6.26. The van der Waals surface area contributed by atoms with E-state index in [1.165, 1.54) is 0 Å². The molecule has 0 aliphatic carbocycles. The molecule has 0 unspecified atom stereocenters. The van der Waals surface area contributed by atoms with Crippen LogP contribution in [0.2, 0.25) is 0 Å². The van der Waals surface area contributed by atoms with E-state index >= 15 is 0 Å². The Morgan fingerprint density at radius 1 is 1.00 bits per heavy atom. The molecule has 1 fully saturated rings. The molecule has 1 amide bonds. The van der Waals surface area contributed by atoms with Gasteiger partial charge in [-0.05, 0) is 75.6 Å². The lowest BCUT2D eigenvalue weighted by Gasteiger charge is -2.30. The number of fused-ring (bicyclic) bond motifs is 1. The minimum absolute atomic E-state index is 0.0383. The lowest BCUT2D eigenvalue weighted by atomic mass is 9.83. The van der Waals surface area contributed by atoms with Crippen LogP contribution in [0.1, 0.15) is 49.7 Å². The quantitative estimate of drug-likeness (QED) is 0.287. The second-order valence-electron chi connectivity index (χ2n) is 11.7. The fraction of sp³-hybridized carbons (Fsp3) is 0.576. The average Bonchev–Trinajstić information content (AvgIpc) is 3.61. The summed E-state index contributed by atoms with van der Waals surface area (Å²) >= 11 is 0. The molecule has 236 valence electrons. The van der Waals surface area contributed by atoms with E-state index in [4.69, 9.17) is 18.9 Å². The van der Waals surface area contributed by atoms with Gasteiger partial charge in [-0.15, -0.1) is 0 Å². The SMILES string of the molecule is CCCCN(CCCCN(C)C)C(=O)CN1C[C@H](c2cc(OC)c3c(c2)OCO3)[C@@H](C(=O)O)[C@@H]1Cc1ccccc1OC. The highest BCUT2D eigenvalue weighted by Gasteiger charge is 2.48. The normalized spacial score (nSPS) is 19.5. The zero-order valence-electron chi connectivity index (χ0n) is 26.2. The van der Waals surface area contributed by atoms with Crippen LogP contribution >= 0.6 is 0 Å². The Kier molecular flexibility index (Phi) is 11.5. The lowest BCUT2D eigenvalue weighted by Crippen LogP contribution is -2.45. The first-order chi connectivity index (χ1) is 20.8. The second kappa shape index (κ2) is 15.3. The number of carbonyl (C=O) groups is 2. The molecule has 2 aliphatic heterocycles. The number of carboxylic acids is 1. The second-order valence-corrected chi connectivity index (χ2v) is 11.7. The van der Waals surface area contributed by atoms with Crippen molar-refractivity contribution >= 4 is 11.9 Å². The molecule has 2 aromatic rings. The Hall–Kier alpha value is -3.50. The number of hydrogen-bond donors (Lipinski definition) is 1. The predicted molar refractivity (Wildman–Crippen MR) is 164 cm³/mol. The molecular weight excluding hydrogens is 550 g/mol. The Balaban J connectivity index is 1.65. The third kappa shape index (κ3) is 7.92. The highest BCUT2D eigenvalue weighted by atomic mass is 16.7. The molecule has 1 N–H and O–H groups in total. The molecule has 10 nitrogen and oxygen atoms in total. The van der Waals surface area contributed by atoms with Gasteiger partial charge in [0, 0.05) is 31.6 Å². The van der Waals surface area contributed by atoms with Crippen LogP contribution in [0.5, 0.6) is 23.0 Å². The largest absolute Gasteiger partial charge is 0.496 e. The molecule has 0 spiro atoms. The minimum Gasteiger partial charge on any atom is -0.496 e. The minimum atomic E-state index is -0.900. The summed E-state index contributed by atoms with van der Waals surface area (Å²) in [5.41, 5.74) is 1.70. The maximum atomic E-state index is 13.9. The summed E-state index contributed by atoms with van der Waals surface area (Å²) in [6.07, 6.45) is 4.30. The van der Waals surface area contributed by atoms with Crippen LogP contribution in [0, 0.1) is 5.92 Å². The number of para-hydroxylation sites is 1. The van der Waals surface area contributed by atoms with Crippen LogP contribution in [0.3, 0.4) is 0 Å². The van der Waals surface area contributed by atoms with Gasteiger partial charge in [-0.25, -0.2) is 0 Å². The molecule has 0 aromatic heterocycles. The van der Waals surface area contributed by atoms with Crippen LogP contribution in [0.25, 0.3) is 0 Å². The number of methoxy groups -OCH3 is 2. The molecule has 4 rings (SSSR count). The number of rotatable bonds is 16. The van der Waals surface area contributed by atoms with Crippen molar-refractivity contribution in [3.05, 3.63) is 47.5 Å². The fourth-order valence-electron chi connectivity index (χ4n) is 6.26. The van der Waals surface area contributed by atoms with Crippen LogP contribution < -0.4 is 18.9 Å². The van der Waals surface area contributed by atoms with Gasteiger partial charge in [0.05, 0.1) is 26.7 Å². The summed E-state index contributed by atoms with van der Waals surface area (Å²) in [5, 5.41) is 10.7. The molecule has 10 heteroatoms. The van der Waals surface area contributed by atoms with Crippen LogP contribution in [-0.2, 0) is 16.0 Å². The molecule has 2 heterocycles. The number of aliphatic carboxylic acids is 1. The molecular formula is C33H47N3O7.